The van der Waals surface area contributed by atoms with E-state index in [2.05, 4.69) is 38.6 Å². The van der Waals surface area contributed by atoms with Gasteiger partial charge in [0.05, 0.1) is 0 Å². The lowest BCUT2D eigenvalue weighted by Crippen LogP contribution is -2.36. The third-order valence-electron chi connectivity index (χ3n) is 6.22. The number of nitrogens with zero attached hydrogens (tertiary/aromatic N) is 2. The van der Waals surface area contributed by atoms with Gasteiger partial charge >= 0.3 is 0 Å². The van der Waals surface area contributed by atoms with Gasteiger partial charge < -0.3 is 20.5 Å². The summed E-state index contributed by atoms with van der Waals surface area (Å²) >= 11 is 0. The number of hydrogen-bond acceptors (Lipinski definition) is 4. The minimum Gasteiger partial charge on any atom is -0.352 e. The molecule has 3 aromatic rings. The molecule has 4 heterocycles. The number of anilines is 1. The van der Waals surface area contributed by atoms with E-state index in [4.69, 9.17) is 0 Å². The standard InChI is InChI=1S/C23H25N5O2/c1-28-10-7-14(8-11-28)22(29)27-20-5-4-18-19(13-25-21(18)26-20)15-2-3-17-16(12-15)6-9-24-23(17)30/h2-5,12-14H,6-11H2,1H3,(H,24,30)(H2,25,26,27,29). The first-order valence-corrected chi connectivity index (χ1v) is 10.5. The van der Waals surface area contributed by atoms with Gasteiger partial charge in [-0.05, 0) is 68.7 Å². The average molecular weight is 403 g/mol. The number of amides is 2. The highest BCUT2D eigenvalue weighted by molar-refractivity contribution is 5.99. The Morgan fingerprint density at radius 1 is 1.17 bits per heavy atom. The molecule has 7 nitrogen and oxygen atoms in total. The van der Waals surface area contributed by atoms with Gasteiger partial charge in [-0.15, -0.1) is 0 Å². The smallest absolute Gasteiger partial charge is 0.251 e. The van der Waals surface area contributed by atoms with E-state index >= 15 is 0 Å². The Morgan fingerprint density at radius 3 is 2.83 bits per heavy atom. The SMILES string of the molecule is CN1CCC(C(=O)Nc2ccc3c(-c4ccc5c(c4)CCNC5=O)c[nH]c3n2)CC1. The summed E-state index contributed by atoms with van der Waals surface area (Å²) in [6.45, 7) is 2.57. The molecule has 0 unspecified atom stereocenters. The number of pyridine rings is 1. The molecule has 1 saturated heterocycles. The molecule has 0 aliphatic carbocycles. The zero-order chi connectivity index (χ0) is 20.7. The molecule has 0 spiro atoms. The van der Waals surface area contributed by atoms with Crippen molar-refractivity contribution in [2.24, 2.45) is 5.92 Å². The van der Waals surface area contributed by atoms with Crippen molar-refractivity contribution in [1.29, 1.82) is 0 Å². The average Bonchev–Trinajstić information content (AvgIpc) is 3.17. The Labute approximate surface area is 174 Å². The molecule has 2 aromatic heterocycles. The van der Waals surface area contributed by atoms with Crippen molar-refractivity contribution in [2.75, 3.05) is 32.0 Å². The van der Waals surface area contributed by atoms with E-state index in [-0.39, 0.29) is 17.7 Å². The highest BCUT2D eigenvalue weighted by atomic mass is 16.2. The van der Waals surface area contributed by atoms with Crippen LogP contribution >= 0.6 is 0 Å². The zero-order valence-electron chi connectivity index (χ0n) is 17.0. The van der Waals surface area contributed by atoms with Crippen molar-refractivity contribution >= 4 is 28.7 Å². The van der Waals surface area contributed by atoms with Gasteiger partial charge in [-0.1, -0.05) is 12.1 Å². The molecule has 7 heteroatoms. The van der Waals surface area contributed by atoms with Crippen LogP contribution in [-0.4, -0.2) is 53.4 Å². The molecule has 30 heavy (non-hydrogen) atoms. The van der Waals surface area contributed by atoms with Crippen molar-refractivity contribution in [3.8, 4) is 11.1 Å². The molecular weight excluding hydrogens is 378 g/mol. The van der Waals surface area contributed by atoms with Gasteiger partial charge in [0, 0.05) is 35.2 Å². The number of piperidine rings is 1. The van der Waals surface area contributed by atoms with Gasteiger partial charge in [0.1, 0.15) is 11.5 Å². The first-order chi connectivity index (χ1) is 14.6. The van der Waals surface area contributed by atoms with E-state index in [1.165, 1.54) is 0 Å². The number of carbonyl (C=O) groups excluding carboxylic acids is 2. The number of fused-ring (bicyclic) bond motifs is 2. The zero-order valence-corrected chi connectivity index (χ0v) is 17.0. The maximum atomic E-state index is 12.6. The van der Waals surface area contributed by atoms with Gasteiger partial charge in [-0.2, -0.15) is 0 Å². The van der Waals surface area contributed by atoms with Crippen LogP contribution in [0.5, 0.6) is 0 Å². The summed E-state index contributed by atoms with van der Waals surface area (Å²) in [5.41, 5.74) is 4.66. The van der Waals surface area contributed by atoms with Crippen LogP contribution in [0.25, 0.3) is 22.2 Å². The van der Waals surface area contributed by atoms with E-state index in [0.717, 1.165) is 65.6 Å². The molecule has 2 aliphatic heterocycles. The Morgan fingerprint density at radius 2 is 2.00 bits per heavy atom. The number of likely N-dealkylation sites (tertiary alicyclic amines) is 1. The van der Waals surface area contributed by atoms with Crippen LogP contribution in [0.15, 0.2) is 36.5 Å². The number of nitrogens with one attached hydrogen (secondary N) is 3. The summed E-state index contributed by atoms with van der Waals surface area (Å²) in [7, 11) is 2.09. The summed E-state index contributed by atoms with van der Waals surface area (Å²) in [4.78, 5) is 34.7. The number of aromatic nitrogens is 2. The summed E-state index contributed by atoms with van der Waals surface area (Å²) in [6, 6.07) is 9.80. The Balaban J connectivity index is 1.38. The van der Waals surface area contributed by atoms with Crippen LogP contribution in [0.1, 0.15) is 28.8 Å². The second kappa shape index (κ2) is 7.57. The predicted octanol–water partition coefficient (Wildman–Crippen LogP) is 2.80. The Bertz CT molecular complexity index is 1130. The lowest BCUT2D eigenvalue weighted by molar-refractivity contribution is -0.121. The fraction of sp³-hybridized carbons (Fsp3) is 0.348. The van der Waals surface area contributed by atoms with Gasteiger partial charge in [0.25, 0.3) is 5.91 Å². The maximum absolute atomic E-state index is 12.6. The quantitative estimate of drug-likeness (QED) is 0.627. The Kier molecular flexibility index (Phi) is 4.75. The first kappa shape index (κ1) is 18.8. The van der Waals surface area contributed by atoms with Crippen molar-refractivity contribution in [2.45, 2.75) is 19.3 Å². The minimum absolute atomic E-state index is 0.00612. The molecule has 154 valence electrons. The molecule has 1 fully saturated rings. The van der Waals surface area contributed by atoms with Crippen LogP contribution in [0, 0.1) is 5.92 Å². The van der Waals surface area contributed by atoms with Crippen LogP contribution in [-0.2, 0) is 11.2 Å². The monoisotopic (exact) mass is 403 g/mol. The minimum atomic E-state index is -0.00612. The molecule has 3 N–H and O–H groups in total. The number of aromatic amines is 1. The molecule has 2 aliphatic rings. The molecule has 2 amide bonds. The van der Waals surface area contributed by atoms with E-state index in [1.54, 1.807) is 0 Å². The third kappa shape index (κ3) is 3.45. The molecular formula is C23H25N5O2. The number of hydrogen-bond donors (Lipinski definition) is 3. The van der Waals surface area contributed by atoms with Crippen LogP contribution in [0.4, 0.5) is 5.82 Å². The van der Waals surface area contributed by atoms with E-state index in [0.29, 0.717) is 12.4 Å². The summed E-state index contributed by atoms with van der Waals surface area (Å²) in [6.07, 6.45) is 4.54. The number of H-pyrrole nitrogens is 1. The maximum Gasteiger partial charge on any atom is 0.251 e. The third-order valence-corrected chi connectivity index (χ3v) is 6.22. The Hall–Kier alpha value is -3.19. The number of benzene rings is 1. The molecule has 0 saturated carbocycles. The number of rotatable bonds is 3. The van der Waals surface area contributed by atoms with Crippen molar-refractivity contribution in [1.82, 2.24) is 20.2 Å². The van der Waals surface area contributed by atoms with E-state index < -0.39 is 0 Å². The highest BCUT2D eigenvalue weighted by Gasteiger charge is 2.24. The summed E-state index contributed by atoms with van der Waals surface area (Å²) in [5, 5.41) is 6.85. The lowest BCUT2D eigenvalue weighted by Gasteiger charge is -2.27. The first-order valence-electron chi connectivity index (χ1n) is 10.5. The molecule has 1 aromatic carbocycles. The van der Waals surface area contributed by atoms with Crippen LogP contribution in [0.2, 0.25) is 0 Å². The molecule has 5 rings (SSSR count). The molecule has 0 radical (unpaired) electrons. The summed E-state index contributed by atoms with van der Waals surface area (Å²) in [5.74, 6) is 0.663. The second-order valence-corrected chi connectivity index (χ2v) is 8.24. The second-order valence-electron chi connectivity index (χ2n) is 8.24. The fourth-order valence-electron chi connectivity index (χ4n) is 4.41. The van der Waals surface area contributed by atoms with Gasteiger partial charge in [-0.25, -0.2) is 4.98 Å². The normalized spacial score (nSPS) is 17.6. The van der Waals surface area contributed by atoms with Crippen molar-refractivity contribution < 1.29 is 9.59 Å². The van der Waals surface area contributed by atoms with Gasteiger partial charge in [-0.3, -0.25) is 9.59 Å². The lowest BCUT2D eigenvalue weighted by atomic mass is 9.95. The van der Waals surface area contributed by atoms with Crippen molar-refractivity contribution in [3.05, 3.63) is 47.7 Å². The van der Waals surface area contributed by atoms with Gasteiger partial charge in [0.2, 0.25) is 5.91 Å². The molecule has 0 bridgehead atoms. The molecule has 0 atom stereocenters. The van der Waals surface area contributed by atoms with Crippen LogP contribution < -0.4 is 10.6 Å². The highest BCUT2D eigenvalue weighted by Crippen LogP contribution is 2.31. The summed E-state index contributed by atoms with van der Waals surface area (Å²) < 4.78 is 0. The topological polar surface area (TPSA) is 90.1 Å². The number of carbonyl (C=O) groups is 2. The van der Waals surface area contributed by atoms with E-state index in [9.17, 15) is 9.59 Å². The van der Waals surface area contributed by atoms with E-state index in [1.807, 2.05) is 30.5 Å². The largest absolute Gasteiger partial charge is 0.352 e. The predicted molar refractivity (Wildman–Crippen MR) is 116 cm³/mol. The van der Waals surface area contributed by atoms with Crippen LogP contribution in [0.3, 0.4) is 0 Å². The fourth-order valence-corrected chi connectivity index (χ4v) is 4.41. The van der Waals surface area contributed by atoms with Gasteiger partial charge in [0.15, 0.2) is 0 Å². The van der Waals surface area contributed by atoms with Crippen molar-refractivity contribution in [3.63, 3.8) is 0 Å².